The molecule has 0 aliphatic heterocycles. The molecular formula is C13H8BrNO4S. The second-order valence-electron chi connectivity index (χ2n) is 3.88. The topological polar surface area (TPSA) is 77.3 Å². The van der Waals surface area contributed by atoms with Crippen molar-refractivity contribution in [3.05, 3.63) is 61.6 Å². The summed E-state index contributed by atoms with van der Waals surface area (Å²) in [4.78, 5) is 10.0. The van der Waals surface area contributed by atoms with Crippen molar-refractivity contribution in [3.63, 3.8) is 0 Å². The van der Waals surface area contributed by atoms with Crippen LogP contribution in [-0.4, -0.2) is 13.3 Å². The van der Waals surface area contributed by atoms with Gasteiger partial charge in [0.15, 0.2) is 0 Å². The molecule has 0 heterocycles. The standard InChI is InChI=1S/C13H8BrNO4S/c14-10-4-7-13(8-5-10)20(18,19)12-3-1-2-11(6-9-12)15(16)17/h4-9H,2H2. The number of sulfone groups is 1. The van der Waals surface area contributed by atoms with E-state index in [0.717, 1.165) is 4.47 Å². The molecule has 0 saturated heterocycles. The van der Waals surface area contributed by atoms with Gasteiger partial charge in [0.2, 0.25) is 9.84 Å². The Morgan fingerprint density at radius 1 is 1.20 bits per heavy atom. The first kappa shape index (κ1) is 14.5. The first-order valence-electron chi connectivity index (χ1n) is 5.46. The van der Waals surface area contributed by atoms with Crippen molar-refractivity contribution in [1.82, 2.24) is 0 Å². The van der Waals surface area contributed by atoms with Crippen LogP contribution in [0.1, 0.15) is 6.42 Å². The molecule has 0 bridgehead atoms. The summed E-state index contributed by atoms with van der Waals surface area (Å²) < 4.78 is 25.4. The van der Waals surface area contributed by atoms with Gasteiger partial charge in [0.05, 0.1) is 9.82 Å². The second-order valence-corrected chi connectivity index (χ2v) is 6.72. The Kier molecular flexibility index (Phi) is 4.06. The molecule has 20 heavy (non-hydrogen) atoms. The van der Waals surface area contributed by atoms with Crippen LogP contribution in [0.15, 0.2) is 56.4 Å². The monoisotopic (exact) mass is 353 g/mol. The molecule has 1 aromatic rings. The van der Waals surface area contributed by atoms with Crippen LogP contribution < -0.4 is 0 Å². The molecule has 1 aromatic carbocycles. The minimum atomic E-state index is -3.75. The third-order valence-corrected chi connectivity index (χ3v) is 4.79. The summed E-state index contributed by atoms with van der Waals surface area (Å²) >= 11 is 3.22. The SMILES string of the molecule is O=[N+]([O-])C1=CC=C(S(=O)(=O)c2ccc(Br)cc2)C#CC1. The lowest BCUT2D eigenvalue weighted by atomic mass is 10.3. The van der Waals surface area contributed by atoms with E-state index in [0.29, 0.717) is 0 Å². The minimum Gasteiger partial charge on any atom is -0.259 e. The van der Waals surface area contributed by atoms with Crippen LogP contribution in [-0.2, 0) is 9.84 Å². The Balaban J connectivity index is 2.46. The van der Waals surface area contributed by atoms with E-state index in [4.69, 9.17) is 0 Å². The number of nitrogens with zero attached hydrogens (tertiary/aromatic N) is 1. The highest BCUT2D eigenvalue weighted by Gasteiger charge is 2.20. The van der Waals surface area contributed by atoms with Gasteiger partial charge >= 0.3 is 0 Å². The average molecular weight is 354 g/mol. The summed E-state index contributed by atoms with van der Waals surface area (Å²) in [6.45, 7) is 0. The van der Waals surface area contributed by atoms with E-state index in [1.807, 2.05) is 0 Å². The highest BCUT2D eigenvalue weighted by molar-refractivity contribution is 9.10. The van der Waals surface area contributed by atoms with E-state index >= 15 is 0 Å². The van der Waals surface area contributed by atoms with Crippen LogP contribution >= 0.6 is 15.9 Å². The predicted octanol–water partition coefficient (Wildman–Crippen LogP) is 2.67. The molecule has 0 aromatic heterocycles. The molecule has 102 valence electrons. The fourth-order valence-electron chi connectivity index (χ4n) is 1.52. The molecule has 1 aliphatic rings. The summed E-state index contributed by atoms with van der Waals surface area (Å²) in [5.74, 6) is 4.97. The molecule has 7 heteroatoms. The molecular weight excluding hydrogens is 346 g/mol. The van der Waals surface area contributed by atoms with Gasteiger partial charge in [-0.05, 0) is 30.3 Å². The molecule has 1 aliphatic carbocycles. The number of benzene rings is 1. The number of allylic oxidation sites excluding steroid dienone is 4. The Labute approximate surface area is 124 Å². The largest absolute Gasteiger partial charge is 0.259 e. The maximum Gasteiger partial charge on any atom is 0.258 e. The highest BCUT2D eigenvalue weighted by atomic mass is 79.9. The van der Waals surface area contributed by atoms with Gasteiger partial charge in [-0.15, -0.1) is 0 Å². The van der Waals surface area contributed by atoms with Crippen LogP contribution in [0, 0.1) is 22.0 Å². The van der Waals surface area contributed by atoms with Crippen LogP contribution in [0.5, 0.6) is 0 Å². The lowest BCUT2D eigenvalue weighted by molar-refractivity contribution is -0.426. The number of nitro groups is 1. The summed E-state index contributed by atoms with van der Waals surface area (Å²) in [5.41, 5.74) is -0.126. The maximum absolute atomic E-state index is 12.3. The summed E-state index contributed by atoms with van der Waals surface area (Å²) in [5, 5.41) is 10.7. The smallest absolute Gasteiger partial charge is 0.258 e. The summed E-state index contributed by atoms with van der Waals surface area (Å²) in [7, 11) is -3.75. The van der Waals surface area contributed by atoms with E-state index in [-0.39, 0.29) is 21.9 Å². The Bertz CT molecular complexity index is 780. The number of halogens is 1. The molecule has 5 nitrogen and oxygen atoms in total. The van der Waals surface area contributed by atoms with Crippen LogP contribution in [0.4, 0.5) is 0 Å². The fourth-order valence-corrected chi connectivity index (χ4v) is 2.98. The predicted molar refractivity (Wildman–Crippen MR) is 76.9 cm³/mol. The molecule has 0 radical (unpaired) electrons. The fraction of sp³-hybridized carbons (Fsp3) is 0.0769. The van der Waals surface area contributed by atoms with Gasteiger partial charge in [0.1, 0.15) is 11.3 Å². The van der Waals surface area contributed by atoms with Gasteiger partial charge in [0, 0.05) is 10.5 Å². The first-order valence-corrected chi connectivity index (χ1v) is 7.73. The first-order chi connectivity index (χ1) is 9.41. The van der Waals surface area contributed by atoms with E-state index in [2.05, 4.69) is 27.8 Å². The van der Waals surface area contributed by atoms with E-state index < -0.39 is 14.8 Å². The quantitative estimate of drug-likeness (QED) is 0.475. The third-order valence-electron chi connectivity index (χ3n) is 2.56. The average Bonchev–Trinajstić information content (AvgIpc) is 2.65. The van der Waals surface area contributed by atoms with Gasteiger partial charge < -0.3 is 0 Å². The van der Waals surface area contributed by atoms with Crippen molar-refractivity contribution in [2.24, 2.45) is 0 Å². The van der Waals surface area contributed by atoms with Crippen molar-refractivity contribution in [2.45, 2.75) is 11.3 Å². The number of hydrogen-bond acceptors (Lipinski definition) is 4. The van der Waals surface area contributed by atoms with Crippen LogP contribution in [0.3, 0.4) is 0 Å². The molecule has 0 atom stereocenters. The Morgan fingerprint density at radius 2 is 1.85 bits per heavy atom. The van der Waals surface area contributed by atoms with Crippen LogP contribution in [0.2, 0.25) is 0 Å². The zero-order valence-electron chi connectivity index (χ0n) is 10.0. The van der Waals surface area contributed by atoms with E-state index in [9.17, 15) is 18.5 Å². The van der Waals surface area contributed by atoms with Gasteiger partial charge in [-0.2, -0.15) is 0 Å². The molecule has 0 unspecified atom stereocenters. The molecule has 0 amide bonds. The highest BCUT2D eigenvalue weighted by Crippen LogP contribution is 2.22. The molecule has 0 fully saturated rings. The van der Waals surface area contributed by atoms with Gasteiger partial charge in [-0.3, -0.25) is 10.1 Å². The zero-order valence-corrected chi connectivity index (χ0v) is 12.4. The second kappa shape index (κ2) is 5.61. The maximum atomic E-state index is 12.3. The Hall–Kier alpha value is -1.91. The Morgan fingerprint density at radius 3 is 2.45 bits per heavy atom. The molecule has 2 rings (SSSR count). The zero-order chi connectivity index (χ0) is 14.8. The van der Waals surface area contributed by atoms with Crippen molar-refractivity contribution >= 4 is 25.8 Å². The molecule has 0 spiro atoms. The lowest BCUT2D eigenvalue weighted by Crippen LogP contribution is -2.03. The van der Waals surface area contributed by atoms with Gasteiger partial charge in [0.25, 0.3) is 5.70 Å². The van der Waals surface area contributed by atoms with E-state index in [1.165, 1.54) is 24.3 Å². The number of rotatable bonds is 3. The summed E-state index contributed by atoms with van der Waals surface area (Å²) in [6, 6.07) is 6.11. The molecule has 0 N–H and O–H groups in total. The van der Waals surface area contributed by atoms with Gasteiger partial charge in [-0.25, -0.2) is 8.42 Å². The normalized spacial score (nSPS) is 14.4. The lowest BCUT2D eigenvalue weighted by Gasteiger charge is -2.03. The molecule has 0 saturated carbocycles. The van der Waals surface area contributed by atoms with Crippen molar-refractivity contribution in [2.75, 3.05) is 0 Å². The van der Waals surface area contributed by atoms with Gasteiger partial charge in [-0.1, -0.05) is 27.8 Å². The van der Waals surface area contributed by atoms with Crippen molar-refractivity contribution in [3.8, 4) is 11.8 Å². The summed E-state index contributed by atoms with van der Waals surface area (Å²) in [6.07, 6.45) is 2.26. The van der Waals surface area contributed by atoms with Crippen molar-refractivity contribution in [1.29, 1.82) is 0 Å². The van der Waals surface area contributed by atoms with Crippen molar-refractivity contribution < 1.29 is 13.3 Å². The minimum absolute atomic E-state index is 0.0805. The van der Waals surface area contributed by atoms with E-state index in [1.54, 1.807) is 12.1 Å². The van der Waals surface area contributed by atoms with Crippen LogP contribution in [0.25, 0.3) is 0 Å². The number of hydrogen-bond donors (Lipinski definition) is 0. The third kappa shape index (κ3) is 2.98.